The summed E-state index contributed by atoms with van der Waals surface area (Å²) in [5.74, 6) is 2.78. The second-order valence-corrected chi connectivity index (χ2v) is 11.4. The second kappa shape index (κ2) is 11.6. The van der Waals surface area contributed by atoms with Gasteiger partial charge in [-0.2, -0.15) is 0 Å². The Balaban J connectivity index is 0.00000144. The van der Waals surface area contributed by atoms with Crippen LogP contribution in [0.3, 0.4) is 0 Å². The van der Waals surface area contributed by atoms with Crippen molar-refractivity contribution in [3.8, 4) is 11.4 Å². The van der Waals surface area contributed by atoms with E-state index in [1.54, 1.807) is 0 Å². The predicted octanol–water partition coefficient (Wildman–Crippen LogP) is 6.70. The first kappa shape index (κ1) is 27.0. The number of hydrogen-bond acceptors (Lipinski definition) is 3. The van der Waals surface area contributed by atoms with Gasteiger partial charge in [0.25, 0.3) is 0 Å². The van der Waals surface area contributed by atoms with Crippen LogP contribution in [0.25, 0.3) is 11.4 Å². The molecule has 0 spiro atoms. The highest BCUT2D eigenvalue weighted by atomic mass is 35.5. The molecule has 38 heavy (non-hydrogen) atoms. The lowest BCUT2D eigenvalue weighted by atomic mass is 9.79. The maximum absolute atomic E-state index is 13.5. The van der Waals surface area contributed by atoms with E-state index in [9.17, 15) is 4.79 Å². The van der Waals surface area contributed by atoms with Crippen LogP contribution in [-0.2, 0) is 10.3 Å². The summed E-state index contributed by atoms with van der Waals surface area (Å²) in [4.78, 5) is 22.9. The van der Waals surface area contributed by atoms with Gasteiger partial charge in [0.1, 0.15) is 5.82 Å². The number of aromatic nitrogens is 2. The lowest BCUT2D eigenvalue weighted by molar-refractivity contribution is -0.133. The quantitative estimate of drug-likeness (QED) is 0.355. The largest absolute Gasteiger partial charge is 0.343 e. The summed E-state index contributed by atoms with van der Waals surface area (Å²) in [5.41, 5.74) is 3.03. The highest BCUT2D eigenvalue weighted by molar-refractivity contribution is 6.30. The molecule has 2 fully saturated rings. The third-order valence-electron chi connectivity index (χ3n) is 8.68. The zero-order valence-electron chi connectivity index (χ0n) is 23.1. The Hall–Kier alpha value is -2.63. The molecule has 0 aliphatic carbocycles. The molecule has 0 N–H and O–H groups in total. The number of halogens is 1. The fourth-order valence-corrected chi connectivity index (χ4v) is 6.89. The maximum Gasteiger partial charge on any atom is 0.222 e. The van der Waals surface area contributed by atoms with Gasteiger partial charge in [-0.05, 0) is 67.3 Å². The normalized spacial score (nSPS) is 23.1. The number of rotatable bonds is 6. The molecule has 6 heteroatoms. The van der Waals surface area contributed by atoms with Crippen molar-refractivity contribution >= 4 is 17.5 Å². The molecule has 3 aromatic rings. The minimum atomic E-state index is -0.465. The number of benzene rings is 2. The SMILES string of the molecule is CC.C[C@H]1CCN(CC2CCN(C(=O)CCC3(c4ccc(Cl)cc4)c4ccccc4-c4nccn43)CC2)C1. The van der Waals surface area contributed by atoms with Crippen LogP contribution < -0.4 is 0 Å². The summed E-state index contributed by atoms with van der Waals surface area (Å²) in [5, 5.41) is 0.716. The van der Waals surface area contributed by atoms with Crippen molar-refractivity contribution in [1.82, 2.24) is 19.4 Å². The lowest BCUT2D eigenvalue weighted by Crippen LogP contribution is -2.42. The van der Waals surface area contributed by atoms with Gasteiger partial charge in [0, 0.05) is 55.6 Å². The molecule has 1 amide bonds. The van der Waals surface area contributed by atoms with E-state index in [2.05, 4.69) is 68.9 Å². The third kappa shape index (κ3) is 5.03. The van der Waals surface area contributed by atoms with Gasteiger partial charge in [-0.15, -0.1) is 0 Å². The molecule has 2 saturated heterocycles. The van der Waals surface area contributed by atoms with Gasteiger partial charge in [-0.3, -0.25) is 4.79 Å². The summed E-state index contributed by atoms with van der Waals surface area (Å²) < 4.78 is 2.26. The van der Waals surface area contributed by atoms with E-state index in [-0.39, 0.29) is 5.91 Å². The van der Waals surface area contributed by atoms with Crippen LogP contribution in [-0.4, -0.2) is 58.0 Å². The predicted molar refractivity (Wildman–Crippen MR) is 155 cm³/mol. The van der Waals surface area contributed by atoms with E-state index in [0.717, 1.165) is 54.7 Å². The average molecular weight is 533 g/mol. The number of nitrogens with zero attached hydrogens (tertiary/aromatic N) is 4. The molecule has 0 bridgehead atoms. The minimum Gasteiger partial charge on any atom is -0.343 e. The number of carbonyl (C=O) groups excluding carboxylic acids is 1. The van der Waals surface area contributed by atoms with Crippen molar-refractivity contribution in [1.29, 1.82) is 0 Å². The van der Waals surface area contributed by atoms with Crippen molar-refractivity contribution < 1.29 is 4.79 Å². The molecule has 3 aliphatic rings. The van der Waals surface area contributed by atoms with Crippen LogP contribution in [0.1, 0.15) is 64.0 Å². The minimum absolute atomic E-state index is 0.266. The van der Waals surface area contributed by atoms with Gasteiger partial charge in [-0.1, -0.05) is 68.8 Å². The third-order valence-corrected chi connectivity index (χ3v) is 8.93. The van der Waals surface area contributed by atoms with Crippen LogP contribution in [0.5, 0.6) is 0 Å². The van der Waals surface area contributed by atoms with Crippen molar-refractivity contribution in [3.05, 3.63) is 77.1 Å². The van der Waals surface area contributed by atoms with Gasteiger partial charge in [0.05, 0.1) is 5.54 Å². The van der Waals surface area contributed by atoms with Crippen LogP contribution in [0.15, 0.2) is 60.9 Å². The standard InChI is InChI=1S/C30H35ClN4O.C2H6/c1-22-11-16-33(20-22)21-23-12-17-34(18-13-23)28(36)10-14-30(24-6-8-25(31)9-7-24)27-5-3-2-4-26(27)29-32-15-19-35(29)30;1-2/h2-9,15,19,22-23H,10-14,16-18,20-21H2,1H3;1-2H3/t22-,30?;/m0./s1. The van der Waals surface area contributed by atoms with Crippen molar-refractivity contribution in [2.45, 2.75) is 58.4 Å². The maximum atomic E-state index is 13.5. The molecule has 0 radical (unpaired) electrons. The molecule has 1 aromatic heterocycles. The summed E-state index contributed by atoms with van der Waals surface area (Å²) in [6, 6.07) is 16.6. The summed E-state index contributed by atoms with van der Waals surface area (Å²) in [7, 11) is 0. The van der Waals surface area contributed by atoms with Crippen molar-refractivity contribution in [2.75, 3.05) is 32.7 Å². The van der Waals surface area contributed by atoms with Gasteiger partial charge < -0.3 is 14.4 Å². The molecule has 2 aromatic carbocycles. The number of hydrogen-bond donors (Lipinski definition) is 0. The van der Waals surface area contributed by atoms with Gasteiger partial charge in [-0.25, -0.2) is 4.98 Å². The molecule has 202 valence electrons. The fraction of sp³-hybridized carbons (Fsp3) is 0.500. The summed E-state index contributed by atoms with van der Waals surface area (Å²) in [6.07, 6.45) is 8.68. The molecule has 0 saturated carbocycles. The molecule has 2 atom stereocenters. The Morgan fingerprint density at radius 3 is 2.47 bits per heavy atom. The van der Waals surface area contributed by atoms with Crippen LogP contribution in [0.2, 0.25) is 5.02 Å². The monoisotopic (exact) mass is 532 g/mol. The number of amides is 1. The van der Waals surface area contributed by atoms with E-state index >= 15 is 0 Å². The Labute approximate surface area is 232 Å². The molecule has 1 unspecified atom stereocenters. The number of fused-ring (bicyclic) bond motifs is 3. The number of carbonyl (C=O) groups is 1. The van der Waals surface area contributed by atoms with Crippen LogP contribution in [0.4, 0.5) is 0 Å². The number of piperidine rings is 1. The highest BCUT2D eigenvalue weighted by Gasteiger charge is 2.45. The van der Waals surface area contributed by atoms with Crippen molar-refractivity contribution in [2.24, 2.45) is 11.8 Å². The van der Waals surface area contributed by atoms with Gasteiger partial charge >= 0.3 is 0 Å². The van der Waals surface area contributed by atoms with E-state index in [4.69, 9.17) is 11.6 Å². The first-order chi connectivity index (χ1) is 18.5. The molecule has 3 aliphatic heterocycles. The zero-order chi connectivity index (χ0) is 26.7. The molecular formula is C32H41ClN4O. The topological polar surface area (TPSA) is 41.4 Å². The summed E-state index contributed by atoms with van der Waals surface area (Å²) >= 11 is 6.26. The van der Waals surface area contributed by atoms with E-state index in [1.807, 2.05) is 32.2 Å². The van der Waals surface area contributed by atoms with E-state index in [0.29, 0.717) is 17.9 Å². The van der Waals surface area contributed by atoms with Crippen LogP contribution >= 0.6 is 11.6 Å². The first-order valence-corrected chi connectivity index (χ1v) is 14.8. The first-order valence-electron chi connectivity index (χ1n) is 14.4. The Morgan fingerprint density at radius 2 is 1.76 bits per heavy atom. The zero-order valence-corrected chi connectivity index (χ0v) is 23.8. The molecular weight excluding hydrogens is 492 g/mol. The van der Waals surface area contributed by atoms with Crippen molar-refractivity contribution in [3.63, 3.8) is 0 Å². The molecule has 5 nitrogen and oxygen atoms in total. The van der Waals surface area contributed by atoms with Gasteiger partial charge in [0.15, 0.2) is 0 Å². The Morgan fingerprint density at radius 1 is 1.03 bits per heavy atom. The molecule has 4 heterocycles. The average Bonchev–Trinajstić information content (AvgIpc) is 3.66. The van der Waals surface area contributed by atoms with E-state index in [1.165, 1.54) is 31.6 Å². The summed E-state index contributed by atoms with van der Waals surface area (Å²) in [6.45, 7) is 11.8. The number of imidazole rings is 1. The Kier molecular flexibility index (Phi) is 8.25. The second-order valence-electron chi connectivity index (χ2n) is 11.0. The lowest BCUT2D eigenvalue weighted by Gasteiger charge is -2.36. The van der Waals surface area contributed by atoms with Gasteiger partial charge in [0.2, 0.25) is 5.91 Å². The molecule has 6 rings (SSSR count). The van der Waals surface area contributed by atoms with Crippen LogP contribution in [0, 0.1) is 11.8 Å². The fourth-order valence-electron chi connectivity index (χ4n) is 6.77. The Bertz CT molecular complexity index is 1230. The number of likely N-dealkylation sites (tertiary alicyclic amines) is 2. The highest BCUT2D eigenvalue weighted by Crippen LogP contribution is 2.49. The smallest absolute Gasteiger partial charge is 0.222 e. The van der Waals surface area contributed by atoms with E-state index < -0.39 is 5.54 Å².